The van der Waals surface area contributed by atoms with Crippen LogP contribution in [-0.2, 0) is 5.54 Å². The number of aliphatic imine (C=N–C) groups is 1. The molecule has 1 aliphatic rings. The van der Waals surface area contributed by atoms with Crippen LogP contribution in [0.3, 0.4) is 0 Å². The van der Waals surface area contributed by atoms with Gasteiger partial charge in [-0.3, -0.25) is 4.99 Å². The van der Waals surface area contributed by atoms with Crippen molar-refractivity contribution in [2.45, 2.75) is 19.4 Å². The van der Waals surface area contributed by atoms with Crippen molar-refractivity contribution in [3.05, 3.63) is 29.8 Å². The van der Waals surface area contributed by atoms with E-state index in [0.717, 1.165) is 11.5 Å². The molecule has 2 unspecified atom stereocenters. The molecule has 0 amide bonds. The molecule has 0 aliphatic carbocycles. The predicted molar refractivity (Wildman–Crippen MR) is 73.6 cm³/mol. The highest BCUT2D eigenvalue weighted by molar-refractivity contribution is 8.13. The van der Waals surface area contributed by atoms with E-state index < -0.39 is 0 Å². The van der Waals surface area contributed by atoms with Crippen molar-refractivity contribution in [3.63, 3.8) is 0 Å². The summed E-state index contributed by atoms with van der Waals surface area (Å²) in [6.45, 7) is 4.36. The second-order valence-corrected chi connectivity index (χ2v) is 5.58. The van der Waals surface area contributed by atoms with Crippen molar-refractivity contribution in [1.82, 2.24) is 0 Å². The van der Waals surface area contributed by atoms with Crippen molar-refractivity contribution in [1.29, 1.82) is 0 Å². The van der Waals surface area contributed by atoms with Crippen molar-refractivity contribution >= 4 is 16.9 Å². The van der Waals surface area contributed by atoms with E-state index in [-0.39, 0.29) is 5.54 Å². The lowest BCUT2D eigenvalue weighted by Gasteiger charge is -2.36. The molecule has 3 nitrogen and oxygen atoms in total. The van der Waals surface area contributed by atoms with Gasteiger partial charge < -0.3 is 10.5 Å². The minimum Gasteiger partial charge on any atom is -0.497 e. The quantitative estimate of drug-likeness (QED) is 0.877. The Kier molecular flexibility index (Phi) is 3.33. The topological polar surface area (TPSA) is 47.6 Å². The van der Waals surface area contributed by atoms with E-state index >= 15 is 0 Å². The Morgan fingerprint density at radius 2 is 2.06 bits per heavy atom. The average molecular weight is 250 g/mol. The maximum absolute atomic E-state index is 5.85. The highest BCUT2D eigenvalue weighted by Crippen LogP contribution is 2.39. The van der Waals surface area contributed by atoms with Gasteiger partial charge in [0.15, 0.2) is 5.17 Å². The third-order valence-electron chi connectivity index (χ3n) is 3.46. The molecule has 1 aliphatic heterocycles. The fourth-order valence-electron chi connectivity index (χ4n) is 2.02. The van der Waals surface area contributed by atoms with Crippen LogP contribution < -0.4 is 10.5 Å². The molecule has 92 valence electrons. The Hall–Kier alpha value is -1.16. The third-order valence-corrected chi connectivity index (χ3v) is 4.51. The van der Waals surface area contributed by atoms with Crippen LogP contribution in [0.1, 0.15) is 19.4 Å². The summed E-state index contributed by atoms with van der Waals surface area (Å²) in [5, 5.41) is 0.682. The lowest BCUT2D eigenvalue weighted by molar-refractivity contribution is 0.356. The van der Waals surface area contributed by atoms with Crippen molar-refractivity contribution in [3.8, 4) is 5.75 Å². The number of methoxy groups -OCH3 is 1. The van der Waals surface area contributed by atoms with Crippen LogP contribution in [-0.4, -0.2) is 18.0 Å². The van der Waals surface area contributed by atoms with E-state index in [2.05, 4.69) is 31.0 Å². The monoisotopic (exact) mass is 250 g/mol. The van der Waals surface area contributed by atoms with E-state index in [1.54, 1.807) is 18.9 Å². The summed E-state index contributed by atoms with van der Waals surface area (Å²) in [6, 6.07) is 8.09. The largest absolute Gasteiger partial charge is 0.497 e. The van der Waals surface area contributed by atoms with Crippen LogP contribution in [0.15, 0.2) is 29.3 Å². The molecule has 2 atom stereocenters. The van der Waals surface area contributed by atoms with Crippen LogP contribution >= 0.6 is 11.8 Å². The Morgan fingerprint density at radius 3 is 2.65 bits per heavy atom. The van der Waals surface area contributed by atoms with E-state index in [1.165, 1.54) is 5.56 Å². The molecule has 0 bridgehead atoms. The lowest BCUT2D eigenvalue weighted by Crippen LogP contribution is -2.36. The Morgan fingerprint density at radius 1 is 1.41 bits per heavy atom. The molecule has 0 saturated carbocycles. The Bertz CT molecular complexity index is 430. The summed E-state index contributed by atoms with van der Waals surface area (Å²) in [4.78, 5) is 4.64. The standard InChI is InChI=1S/C13H18N2OS/c1-9-8-17-12(14)15-13(9,2)10-4-6-11(16-3)7-5-10/h4-7,9H,8H2,1-3H3,(H2,14,15). The smallest absolute Gasteiger partial charge is 0.154 e. The zero-order valence-electron chi connectivity index (χ0n) is 10.4. The summed E-state index contributed by atoms with van der Waals surface area (Å²) >= 11 is 1.63. The number of hydrogen-bond acceptors (Lipinski definition) is 4. The van der Waals surface area contributed by atoms with E-state index in [0.29, 0.717) is 11.1 Å². The second-order valence-electron chi connectivity index (χ2n) is 4.54. The SMILES string of the molecule is COc1ccc(C2(C)N=C(N)SCC2C)cc1. The maximum Gasteiger partial charge on any atom is 0.154 e. The number of ether oxygens (including phenoxy) is 1. The number of nitrogens with zero attached hydrogens (tertiary/aromatic N) is 1. The molecular formula is C13H18N2OS. The molecular weight excluding hydrogens is 232 g/mol. The molecule has 0 spiro atoms. The van der Waals surface area contributed by atoms with Gasteiger partial charge in [0.25, 0.3) is 0 Å². The zero-order valence-corrected chi connectivity index (χ0v) is 11.3. The highest BCUT2D eigenvalue weighted by atomic mass is 32.2. The normalized spacial score (nSPS) is 28.6. The minimum absolute atomic E-state index is 0.221. The maximum atomic E-state index is 5.85. The summed E-state index contributed by atoms with van der Waals surface area (Å²) in [5.74, 6) is 2.35. The summed E-state index contributed by atoms with van der Waals surface area (Å²) in [7, 11) is 1.67. The molecule has 2 N–H and O–H groups in total. The molecule has 1 heterocycles. The number of thioether (sulfide) groups is 1. The summed E-state index contributed by atoms with van der Waals surface area (Å²) < 4.78 is 5.17. The van der Waals surface area contributed by atoms with Gasteiger partial charge in [-0.15, -0.1) is 0 Å². The number of amidine groups is 1. The van der Waals surface area contributed by atoms with E-state index in [9.17, 15) is 0 Å². The molecule has 0 radical (unpaired) electrons. The van der Waals surface area contributed by atoms with Gasteiger partial charge in [0, 0.05) is 5.75 Å². The first-order chi connectivity index (χ1) is 8.06. The van der Waals surface area contributed by atoms with E-state index in [1.807, 2.05) is 12.1 Å². The van der Waals surface area contributed by atoms with Gasteiger partial charge in [-0.05, 0) is 30.5 Å². The fraction of sp³-hybridized carbons (Fsp3) is 0.462. The number of rotatable bonds is 2. The molecule has 17 heavy (non-hydrogen) atoms. The predicted octanol–water partition coefficient (Wildman–Crippen LogP) is 2.61. The van der Waals surface area contributed by atoms with Gasteiger partial charge in [0.05, 0.1) is 12.6 Å². The zero-order chi connectivity index (χ0) is 12.5. The first kappa shape index (κ1) is 12.3. The molecule has 1 aromatic carbocycles. The summed E-state index contributed by atoms with van der Waals surface area (Å²) in [5.41, 5.74) is 6.82. The van der Waals surface area contributed by atoms with E-state index in [4.69, 9.17) is 10.5 Å². The Labute approximate surface area is 106 Å². The van der Waals surface area contributed by atoms with Crippen LogP contribution in [0.25, 0.3) is 0 Å². The van der Waals surface area contributed by atoms with Crippen LogP contribution in [0.2, 0.25) is 0 Å². The van der Waals surface area contributed by atoms with Gasteiger partial charge in [-0.25, -0.2) is 0 Å². The summed E-state index contributed by atoms with van der Waals surface area (Å²) in [6.07, 6.45) is 0. The fourth-order valence-corrected chi connectivity index (χ4v) is 3.02. The van der Waals surface area contributed by atoms with Crippen molar-refractivity contribution in [2.24, 2.45) is 16.6 Å². The molecule has 0 saturated heterocycles. The van der Waals surface area contributed by atoms with Crippen molar-refractivity contribution < 1.29 is 4.74 Å². The van der Waals surface area contributed by atoms with Gasteiger partial charge >= 0.3 is 0 Å². The van der Waals surface area contributed by atoms with Crippen LogP contribution in [0, 0.1) is 5.92 Å². The number of nitrogens with two attached hydrogens (primary N) is 1. The number of benzene rings is 1. The van der Waals surface area contributed by atoms with Gasteiger partial charge in [0.1, 0.15) is 5.75 Å². The average Bonchev–Trinajstić information content (AvgIpc) is 2.34. The van der Waals surface area contributed by atoms with Gasteiger partial charge in [-0.1, -0.05) is 30.8 Å². The second kappa shape index (κ2) is 4.61. The van der Waals surface area contributed by atoms with Gasteiger partial charge in [-0.2, -0.15) is 0 Å². The lowest BCUT2D eigenvalue weighted by atomic mass is 9.82. The highest BCUT2D eigenvalue weighted by Gasteiger charge is 2.36. The van der Waals surface area contributed by atoms with Crippen LogP contribution in [0.5, 0.6) is 5.75 Å². The third kappa shape index (κ3) is 2.27. The molecule has 4 heteroatoms. The number of hydrogen-bond donors (Lipinski definition) is 1. The first-order valence-electron chi connectivity index (χ1n) is 5.69. The minimum atomic E-state index is -0.221. The van der Waals surface area contributed by atoms with Gasteiger partial charge in [0.2, 0.25) is 0 Å². The molecule has 2 rings (SSSR count). The molecule has 1 aromatic rings. The first-order valence-corrected chi connectivity index (χ1v) is 6.67. The van der Waals surface area contributed by atoms with Crippen molar-refractivity contribution in [2.75, 3.05) is 12.9 Å². The van der Waals surface area contributed by atoms with Crippen LogP contribution in [0.4, 0.5) is 0 Å². The molecule has 0 fully saturated rings. The molecule has 0 aromatic heterocycles. The Balaban J connectivity index is 2.38.